The molecule has 0 radical (unpaired) electrons. The topological polar surface area (TPSA) is 113 Å². The molecule has 4 rings (SSSR count). The van der Waals surface area contributed by atoms with Gasteiger partial charge in [0.1, 0.15) is 5.82 Å². The van der Waals surface area contributed by atoms with Crippen molar-refractivity contribution in [2.75, 3.05) is 18.4 Å². The molecule has 1 saturated heterocycles. The normalized spacial score (nSPS) is 14.6. The van der Waals surface area contributed by atoms with E-state index in [-0.39, 0.29) is 17.8 Å². The standard InChI is InChI=1S/C16H16ClN7O/c1-8-4-13(23-22-8)20-14-11-5-9(17)2-3-12(11)19-15(21-14)16(25)24-6-10(18)7-24/h2-5,10H,6-7,18H2,1H3,(H2,19,20,21,22,23). The van der Waals surface area contributed by atoms with Crippen LogP contribution in [0.2, 0.25) is 5.02 Å². The number of hydrogen-bond acceptors (Lipinski definition) is 6. The number of nitrogens with two attached hydrogens (primary N) is 1. The van der Waals surface area contributed by atoms with E-state index in [2.05, 4.69) is 25.5 Å². The number of fused-ring (bicyclic) bond motifs is 1. The first-order chi connectivity index (χ1) is 12.0. The quantitative estimate of drug-likeness (QED) is 0.659. The molecule has 0 atom stereocenters. The molecule has 0 bridgehead atoms. The van der Waals surface area contributed by atoms with Crippen LogP contribution in [-0.2, 0) is 0 Å². The van der Waals surface area contributed by atoms with E-state index in [1.807, 2.05) is 13.0 Å². The number of likely N-dealkylation sites (tertiary alicyclic amines) is 1. The fraction of sp³-hybridized carbons (Fsp3) is 0.250. The minimum atomic E-state index is -0.236. The largest absolute Gasteiger partial charge is 0.333 e. The molecular weight excluding hydrogens is 342 g/mol. The van der Waals surface area contributed by atoms with E-state index in [0.717, 1.165) is 5.69 Å². The van der Waals surface area contributed by atoms with Gasteiger partial charge in [-0.05, 0) is 25.1 Å². The van der Waals surface area contributed by atoms with Gasteiger partial charge in [-0.1, -0.05) is 11.6 Å². The molecule has 2 aromatic heterocycles. The van der Waals surface area contributed by atoms with Crippen LogP contribution in [0.5, 0.6) is 0 Å². The first kappa shape index (κ1) is 15.8. The predicted octanol–water partition coefficient (Wildman–Crippen LogP) is 1.84. The highest BCUT2D eigenvalue weighted by molar-refractivity contribution is 6.31. The van der Waals surface area contributed by atoms with E-state index in [4.69, 9.17) is 17.3 Å². The van der Waals surface area contributed by atoms with Crippen molar-refractivity contribution in [3.05, 3.63) is 40.8 Å². The van der Waals surface area contributed by atoms with Crippen LogP contribution in [0.4, 0.5) is 11.6 Å². The van der Waals surface area contributed by atoms with Crippen molar-refractivity contribution in [3.63, 3.8) is 0 Å². The number of nitrogens with one attached hydrogen (secondary N) is 2. The number of halogens is 1. The second-order valence-electron chi connectivity index (χ2n) is 6.09. The highest BCUT2D eigenvalue weighted by atomic mass is 35.5. The summed E-state index contributed by atoms with van der Waals surface area (Å²) in [5.74, 6) is 0.963. The summed E-state index contributed by atoms with van der Waals surface area (Å²) in [5, 5.41) is 11.4. The Labute approximate surface area is 148 Å². The molecule has 8 nitrogen and oxygen atoms in total. The van der Waals surface area contributed by atoms with Gasteiger partial charge in [0.05, 0.1) is 5.52 Å². The van der Waals surface area contributed by atoms with Crippen LogP contribution in [0.25, 0.3) is 10.9 Å². The molecule has 1 fully saturated rings. The Morgan fingerprint density at radius 2 is 2.16 bits per heavy atom. The van der Waals surface area contributed by atoms with Crippen molar-refractivity contribution in [1.29, 1.82) is 0 Å². The van der Waals surface area contributed by atoms with Crippen molar-refractivity contribution in [2.24, 2.45) is 5.73 Å². The van der Waals surface area contributed by atoms with Gasteiger partial charge >= 0.3 is 0 Å². The number of aromatic nitrogens is 4. The Kier molecular flexibility index (Phi) is 3.78. The van der Waals surface area contributed by atoms with Gasteiger partial charge in [0, 0.05) is 41.3 Å². The summed E-state index contributed by atoms with van der Waals surface area (Å²) in [5.41, 5.74) is 7.29. The zero-order valence-electron chi connectivity index (χ0n) is 13.5. The average molecular weight is 358 g/mol. The van der Waals surface area contributed by atoms with E-state index < -0.39 is 0 Å². The van der Waals surface area contributed by atoms with Crippen LogP contribution in [0.1, 0.15) is 16.3 Å². The van der Waals surface area contributed by atoms with Crippen molar-refractivity contribution in [2.45, 2.75) is 13.0 Å². The van der Waals surface area contributed by atoms with E-state index in [1.165, 1.54) is 0 Å². The van der Waals surface area contributed by atoms with Gasteiger partial charge in [0.15, 0.2) is 5.82 Å². The molecule has 3 heterocycles. The third-order valence-corrected chi connectivity index (χ3v) is 4.23. The summed E-state index contributed by atoms with van der Waals surface area (Å²) < 4.78 is 0. The summed E-state index contributed by atoms with van der Waals surface area (Å²) in [6.45, 7) is 2.93. The van der Waals surface area contributed by atoms with Gasteiger partial charge in [-0.3, -0.25) is 9.89 Å². The molecule has 25 heavy (non-hydrogen) atoms. The molecule has 1 aliphatic heterocycles. The number of amides is 1. The zero-order chi connectivity index (χ0) is 17.6. The number of hydrogen-bond donors (Lipinski definition) is 3. The molecule has 128 valence electrons. The fourth-order valence-electron chi connectivity index (χ4n) is 2.71. The number of H-pyrrole nitrogens is 1. The molecule has 3 aromatic rings. The number of nitrogens with zero attached hydrogens (tertiary/aromatic N) is 4. The maximum Gasteiger partial charge on any atom is 0.291 e. The molecule has 9 heteroatoms. The lowest BCUT2D eigenvalue weighted by Crippen LogP contribution is -2.58. The molecule has 0 spiro atoms. The van der Waals surface area contributed by atoms with Crippen LogP contribution < -0.4 is 11.1 Å². The van der Waals surface area contributed by atoms with Crippen molar-refractivity contribution < 1.29 is 4.79 Å². The predicted molar refractivity (Wildman–Crippen MR) is 95.0 cm³/mol. The maximum atomic E-state index is 12.6. The number of benzene rings is 1. The first-order valence-corrected chi connectivity index (χ1v) is 8.18. The van der Waals surface area contributed by atoms with E-state index in [1.54, 1.807) is 23.1 Å². The highest BCUT2D eigenvalue weighted by Crippen LogP contribution is 2.27. The third kappa shape index (κ3) is 3.01. The summed E-state index contributed by atoms with van der Waals surface area (Å²) in [7, 11) is 0. The lowest BCUT2D eigenvalue weighted by atomic mass is 10.1. The van der Waals surface area contributed by atoms with Gasteiger partial charge in [0.2, 0.25) is 5.82 Å². The Morgan fingerprint density at radius 3 is 2.84 bits per heavy atom. The monoisotopic (exact) mass is 357 g/mol. The molecule has 1 aliphatic rings. The number of aryl methyl sites for hydroxylation is 1. The highest BCUT2D eigenvalue weighted by Gasteiger charge is 2.30. The smallest absolute Gasteiger partial charge is 0.291 e. The van der Waals surface area contributed by atoms with Gasteiger partial charge in [-0.25, -0.2) is 9.97 Å². The Morgan fingerprint density at radius 1 is 1.36 bits per heavy atom. The molecule has 1 amide bonds. The van der Waals surface area contributed by atoms with Crippen LogP contribution >= 0.6 is 11.6 Å². The first-order valence-electron chi connectivity index (χ1n) is 7.81. The summed E-state index contributed by atoms with van der Waals surface area (Å²) in [6, 6.07) is 7.11. The van der Waals surface area contributed by atoms with Crippen LogP contribution in [0.15, 0.2) is 24.3 Å². The van der Waals surface area contributed by atoms with E-state index in [0.29, 0.717) is 40.7 Å². The summed E-state index contributed by atoms with van der Waals surface area (Å²) in [6.07, 6.45) is 0. The van der Waals surface area contributed by atoms with Crippen molar-refractivity contribution >= 4 is 40.0 Å². The average Bonchev–Trinajstić information content (AvgIpc) is 2.96. The van der Waals surface area contributed by atoms with Crippen molar-refractivity contribution in [1.82, 2.24) is 25.1 Å². The fourth-order valence-corrected chi connectivity index (χ4v) is 2.89. The Hall–Kier alpha value is -2.71. The summed E-state index contributed by atoms with van der Waals surface area (Å²) >= 11 is 6.10. The van der Waals surface area contributed by atoms with Crippen molar-refractivity contribution in [3.8, 4) is 0 Å². The van der Waals surface area contributed by atoms with Crippen LogP contribution in [0.3, 0.4) is 0 Å². The second kappa shape index (κ2) is 5.98. The third-order valence-electron chi connectivity index (χ3n) is 4.00. The number of carbonyl (C=O) groups excluding carboxylic acids is 1. The summed E-state index contributed by atoms with van der Waals surface area (Å²) in [4.78, 5) is 23.0. The van der Waals surface area contributed by atoms with Gasteiger partial charge in [0.25, 0.3) is 5.91 Å². The molecule has 4 N–H and O–H groups in total. The Bertz CT molecular complexity index is 964. The number of carbonyl (C=O) groups is 1. The SMILES string of the molecule is Cc1cc(Nc2nc(C(=O)N3CC(N)C3)nc3ccc(Cl)cc23)n[nH]1. The molecule has 0 aliphatic carbocycles. The lowest BCUT2D eigenvalue weighted by molar-refractivity contribution is 0.0596. The second-order valence-corrected chi connectivity index (χ2v) is 6.53. The molecular formula is C16H16ClN7O. The minimum Gasteiger partial charge on any atom is -0.333 e. The van der Waals surface area contributed by atoms with Gasteiger partial charge in [-0.2, -0.15) is 5.10 Å². The minimum absolute atomic E-state index is 0.0211. The molecule has 0 unspecified atom stereocenters. The number of aromatic amines is 1. The Balaban J connectivity index is 1.77. The van der Waals surface area contributed by atoms with E-state index in [9.17, 15) is 4.79 Å². The molecule has 0 saturated carbocycles. The zero-order valence-corrected chi connectivity index (χ0v) is 14.2. The maximum absolute atomic E-state index is 12.6. The van der Waals surface area contributed by atoms with Crippen LogP contribution in [0, 0.1) is 6.92 Å². The van der Waals surface area contributed by atoms with Gasteiger partial charge < -0.3 is 16.0 Å². The molecule has 1 aromatic carbocycles. The van der Waals surface area contributed by atoms with E-state index >= 15 is 0 Å². The number of anilines is 2. The van der Waals surface area contributed by atoms with Crippen LogP contribution in [-0.4, -0.2) is 50.1 Å². The van der Waals surface area contributed by atoms with Gasteiger partial charge in [-0.15, -0.1) is 0 Å². The lowest BCUT2D eigenvalue weighted by Gasteiger charge is -2.36. The number of rotatable bonds is 3.